The molecular weight excluding hydrogens is 239 g/mol. The van der Waals surface area contributed by atoms with E-state index in [2.05, 4.69) is 6.07 Å². The van der Waals surface area contributed by atoms with Crippen molar-refractivity contribution in [3.63, 3.8) is 0 Å². The summed E-state index contributed by atoms with van der Waals surface area (Å²) in [5.74, 6) is -0.331. The fourth-order valence-corrected chi connectivity index (χ4v) is 2.25. The maximum atomic E-state index is 13.6. The van der Waals surface area contributed by atoms with Gasteiger partial charge < -0.3 is 5.11 Å². The summed E-state index contributed by atoms with van der Waals surface area (Å²) in [6.07, 6.45) is 0.528. The topological polar surface area (TPSA) is 20.2 Å². The molecule has 0 aliphatic carbocycles. The largest absolute Gasteiger partial charge is 0.388 e. The molecule has 2 aromatic carbocycles. The van der Waals surface area contributed by atoms with Crippen LogP contribution in [0.3, 0.4) is 0 Å². The third kappa shape index (κ3) is 3.65. The van der Waals surface area contributed by atoms with Crippen LogP contribution >= 0.6 is 0 Å². The van der Waals surface area contributed by atoms with Gasteiger partial charge in [-0.25, -0.2) is 4.39 Å². The van der Waals surface area contributed by atoms with Gasteiger partial charge in [-0.2, -0.15) is 0 Å². The minimum atomic E-state index is -0.750. The standard InChI is InChI=1S/C17H19FO/c1-12-4-3-5-14(10-12)7-9-17(19)15-11-13(2)6-8-16(15)18/h3-6,8,10-11,17,19H,7,9H2,1-2H3. The monoisotopic (exact) mass is 258 g/mol. The third-order valence-electron chi connectivity index (χ3n) is 3.30. The molecule has 2 aromatic rings. The number of aliphatic hydroxyl groups is 1. The zero-order chi connectivity index (χ0) is 13.8. The molecule has 0 saturated heterocycles. The van der Waals surface area contributed by atoms with E-state index in [1.165, 1.54) is 17.2 Å². The lowest BCUT2D eigenvalue weighted by atomic mass is 9.99. The van der Waals surface area contributed by atoms with Gasteiger partial charge in [-0.1, -0.05) is 47.5 Å². The molecule has 2 heteroatoms. The molecule has 0 aliphatic rings. The van der Waals surface area contributed by atoms with Gasteiger partial charge in [-0.3, -0.25) is 0 Å². The Morgan fingerprint density at radius 3 is 2.53 bits per heavy atom. The van der Waals surface area contributed by atoms with Gasteiger partial charge in [-0.05, 0) is 38.3 Å². The smallest absolute Gasteiger partial charge is 0.129 e. The maximum absolute atomic E-state index is 13.6. The van der Waals surface area contributed by atoms with Crippen LogP contribution in [0.15, 0.2) is 42.5 Å². The van der Waals surface area contributed by atoms with Gasteiger partial charge in [0.25, 0.3) is 0 Å². The lowest BCUT2D eigenvalue weighted by Crippen LogP contribution is -2.03. The fourth-order valence-electron chi connectivity index (χ4n) is 2.25. The molecule has 0 saturated carbocycles. The highest BCUT2D eigenvalue weighted by Gasteiger charge is 2.13. The van der Waals surface area contributed by atoms with Crippen LogP contribution in [0.5, 0.6) is 0 Å². The Labute approximate surface area is 113 Å². The van der Waals surface area contributed by atoms with Gasteiger partial charge >= 0.3 is 0 Å². The summed E-state index contributed by atoms with van der Waals surface area (Å²) in [7, 11) is 0. The Morgan fingerprint density at radius 1 is 1.05 bits per heavy atom. The Kier molecular flexibility index (Phi) is 4.33. The average Bonchev–Trinajstić information content (AvgIpc) is 2.39. The number of benzene rings is 2. The normalized spacial score (nSPS) is 12.4. The van der Waals surface area contributed by atoms with E-state index in [0.717, 1.165) is 12.0 Å². The molecule has 2 rings (SSSR count). The van der Waals surface area contributed by atoms with E-state index < -0.39 is 6.10 Å². The lowest BCUT2D eigenvalue weighted by molar-refractivity contribution is 0.163. The van der Waals surface area contributed by atoms with Gasteiger partial charge in [0.1, 0.15) is 5.82 Å². The van der Waals surface area contributed by atoms with E-state index in [1.807, 2.05) is 32.0 Å². The number of hydrogen-bond donors (Lipinski definition) is 1. The van der Waals surface area contributed by atoms with Crippen molar-refractivity contribution in [3.8, 4) is 0 Å². The van der Waals surface area contributed by atoms with Crippen LogP contribution < -0.4 is 0 Å². The molecule has 0 bridgehead atoms. The predicted molar refractivity (Wildman–Crippen MR) is 75.6 cm³/mol. The van der Waals surface area contributed by atoms with Crippen LogP contribution in [0.2, 0.25) is 0 Å². The molecule has 1 atom stereocenters. The highest BCUT2D eigenvalue weighted by molar-refractivity contribution is 5.27. The SMILES string of the molecule is Cc1cccc(CCC(O)c2cc(C)ccc2F)c1. The van der Waals surface area contributed by atoms with Gasteiger partial charge in [0.2, 0.25) is 0 Å². The molecule has 1 N–H and O–H groups in total. The summed E-state index contributed by atoms with van der Waals surface area (Å²) in [5, 5.41) is 10.1. The van der Waals surface area contributed by atoms with E-state index in [4.69, 9.17) is 0 Å². The second kappa shape index (κ2) is 5.98. The highest BCUT2D eigenvalue weighted by Crippen LogP contribution is 2.23. The van der Waals surface area contributed by atoms with Gasteiger partial charge in [0.05, 0.1) is 6.10 Å². The van der Waals surface area contributed by atoms with Crippen LogP contribution in [-0.2, 0) is 6.42 Å². The third-order valence-corrected chi connectivity index (χ3v) is 3.30. The van der Waals surface area contributed by atoms with Crippen LogP contribution in [0.4, 0.5) is 4.39 Å². The number of hydrogen-bond acceptors (Lipinski definition) is 1. The molecule has 0 radical (unpaired) electrons. The summed E-state index contributed by atoms with van der Waals surface area (Å²) in [6, 6.07) is 13.0. The predicted octanol–water partition coefficient (Wildman–Crippen LogP) is 4.11. The van der Waals surface area contributed by atoms with Crippen molar-refractivity contribution in [2.75, 3.05) is 0 Å². The zero-order valence-electron chi connectivity index (χ0n) is 11.4. The van der Waals surface area contributed by atoms with E-state index in [9.17, 15) is 9.50 Å². The van der Waals surface area contributed by atoms with Crippen molar-refractivity contribution in [2.45, 2.75) is 32.8 Å². The van der Waals surface area contributed by atoms with Crippen molar-refractivity contribution in [2.24, 2.45) is 0 Å². The summed E-state index contributed by atoms with van der Waals surface area (Å²) in [5.41, 5.74) is 3.74. The first-order chi connectivity index (χ1) is 9.06. The fraction of sp³-hybridized carbons (Fsp3) is 0.294. The molecule has 0 fully saturated rings. The second-order valence-electron chi connectivity index (χ2n) is 5.07. The molecule has 1 unspecified atom stereocenters. The number of aliphatic hydroxyl groups excluding tert-OH is 1. The van der Waals surface area contributed by atoms with E-state index in [-0.39, 0.29) is 5.82 Å². The van der Waals surface area contributed by atoms with Gasteiger partial charge in [0, 0.05) is 5.56 Å². The van der Waals surface area contributed by atoms with Crippen molar-refractivity contribution in [3.05, 3.63) is 70.5 Å². The first-order valence-electron chi connectivity index (χ1n) is 6.56. The molecule has 1 nitrogen and oxygen atoms in total. The number of rotatable bonds is 4. The molecule has 0 heterocycles. The van der Waals surface area contributed by atoms with Crippen molar-refractivity contribution >= 4 is 0 Å². The van der Waals surface area contributed by atoms with E-state index in [0.29, 0.717) is 12.0 Å². The highest BCUT2D eigenvalue weighted by atomic mass is 19.1. The van der Waals surface area contributed by atoms with Crippen LogP contribution in [-0.4, -0.2) is 5.11 Å². The average molecular weight is 258 g/mol. The van der Waals surface area contributed by atoms with Crippen LogP contribution in [0.25, 0.3) is 0 Å². The Morgan fingerprint density at radius 2 is 1.79 bits per heavy atom. The Balaban J connectivity index is 2.05. The minimum absolute atomic E-state index is 0.331. The number of aryl methyl sites for hydroxylation is 3. The van der Waals surface area contributed by atoms with Crippen LogP contribution in [0.1, 0.15) is 34.8 Å². The summed E-state index contributed by atoms with van der Waals surface area (Å²) in [4.78, 5) is 0. The molecule has 0 amide bonds. The molecule has 0 aromatic heterocycles. The summed E-state index contributed by atoms with van der Waals surface area (Å²) < 4.78 is 13.6. The molecule has 100 valence electrons. The summed E-state index contributed by atoms with van der Waals surface area (Å²) >= 11 is 0. The molecular formula is C17H19FO. The first-order valence-corrected chi connectivity index (χ1v) is 6.56. The van der Waals surface area contributed by atoms with Crippen molar-refractivity contribution in [1.82, 2.24) is 0 Å². The van der Waals surface area contributed by atoms with Crippen molar-refractivity contribution < 1.29 is 9.50 Å². The van der Waals surface area contributed by atoms with Crippen LogP contribution in [0, 0.1) is 19.7 Å². The minimum Gasteiger partial charge on any atom is -0.388 e. The Hall–Kier alpha value is -1.67. The maximum Gasteiger partial charge on any atom is 0.129 e. The lowest BCUT2D eigenvalue weighted by Gasteiger charge is -2.13. The first kappa shape index (κ1) is 13.8. The van der Waals surface area contributed by atoms with Gasteiger partial charge in [-0.15, -0.1) is 0 Å². The zero-order valence-corrected chi connectivity index (χ0v) is 11.4. The second-order valence-corrected chi connectivity index (χ2v) is 5.07. The quantitative estimate of drug-likeness (QED) is 0.875. The molecule has 0 spiro atoms. The Bertz CT molecular complexity index is 563. The van der Waals surface area contributed by atoms with Gasteiger partial charge in [0.15, 0.2) is 0 Å². The van der Waals surface area contributed by atoms with Crippen molar-refractivity contribution in [1.29, 1.82) is 0 Å². The summed E-state index contributed by atoms with van der Waals surface area (Å²) in [6.45, 7) is 3.94. The van der Waals surface area contributed by atoms with E-state index in [1.54, 1.807) is 12.1 Å². The molecule has 19 heavy (non-hydrogen) atoms. The molecule has 0 aliphatic heterocycles. The number of halogens is 1. The van der Waals surface area contributed by atoms with E-state index >= 15 is 0 Å².